The van der Waals surface area contributed by atoms with Crippen LogP contribution in [-0.4, -0.2) is 26.0 Å². The minimum absolute atomic E-state index is 0.0777. The van der Waals surface area contributed by atoms with Gasteiger partial charge >= 0.3 is 6.03 Å². The molecule has 0 radical (unpaired) electrons. The van der Waals surface area contributed by atoms with E-state index < -0.39 is 0 Å². The van der Waals surface area contributed by atoms with Crippen molar-refractivity contribution in [2.75, 3.05) is 0 Å². The average Bonchev–Trinajstić information content (AvgIpc) is 3.10. The number of rotatable bonds is 3. The van der Waals surface area contributed by atoms with Gasteiger partial charge in [-0.05, 0) is 26.3 Å². The minimum Gasteiger partial charge on any atom is -0.315 e. The molecule has 1 heterocycles. The van der Waals surface area contributed by atoms with E-state index in [1.807, 2.05) is 86.3 Å². The summed E-state index contributed by atoms with van der Waals surface area (Å²) >= 11 is 0. The first-order chi connectivity index (χ1) is 11.9. The van der Waals surface area contributed by atoms with E-state index in [0.717, 1.165) is 16.8 Å². The van der Waals surface area contributed by atoms with Gasteiger partial charge in [-0.2, -0.15) is 0 Å². The predicted octanol–water partition coefficient (Wildman–Crippen LogP) is 4.82. The van der Waals surface area contributed by atoms with Crippen LogP contribution < -0.4 is 0 Å². The third kappa shape index (κ3) is 3.97. The molecule has 0 bridgehead atoms. The molecular formula is C21H23N3O. The second-order valence-corrected chi connectivity index (χ2v) is 7.06. The van der Waals surface area contributed by atoms with Gasteiger partial charge in [-0.1, -0.05) is 60.7 Å². The third-order valence-electron chi connectivity index (χ3n) is 4.10. The fourth-order valence-electron chi connectivity index (χ4n) is 2.68. The Kier molecular flexibility index (Phi) is 4.70. The molecule has 4 nitrogen and oxygen atoms in total. The number of nitrogens with zero attached hydrogens (tertiary/aromatic N) is 3. The summed E-state index contributed by atoms with van der Waals surface area (Å²) in [6, 6.07) is 19.8. The quantitative estimate of drug-likeness (QED) is 0.689. The van der Waals surface area contributed by atoms with Crippen LogP contribution >= 0.6 is 0 Å². The molecule has 0 N–H and O–H groups in total. The Bertz CT molecular complexity index is 832. The molecule has 3 rings (SSSR count). The van der Waals surface area contributed by atoms with Crippen LogP contribution in [0.2, 0.25) is 0 Å². The van der Waals surface area contributed by atoms with Crippen LogP contribution in [0.15, 0.2) is 73.2 Å². The summed E-state index contributed by atoms with van der Waals surface area (Å²) in [5.41, 5.74) is 2.60. The predicted molar refractivity (Wildman–Crippen MR) is 100 cm³/mol. The first-order valence-corrected chi connectivity index (χ1v) is 8.40. The van der Waals surface area contributed by atoms with Gasteiger partial charge in [0, 0.05) is 23.8 Å². The molecule has 1 amide bonds. The van der Waals surface area contributed by atoms with E-state index in [1.165, 1.54) is 0 Å². The molecule has 4 heteroatoms. The first-order valence-electron chi connectivity index (χ1n) is 8.40. The molecule has 0 aliphatic rings. The van der Waals surface area contributed by atoms with Gasteiger partial charge < -0.3 is 4.90 Å². The van der Waals surface area contributed by atoms with Crippen molar-refractivity contribution in [3.63, 3.8) is 0 Å². The Labute approximate surface area is 148 Å². The van der Waals surface area contributed by atoms with E-state index in [0.29, 0.717) is 6.54 Å². The number of carbonyl (C=O) groups is 1. The normalized spacial score (nSPS) is 11.3. The Morgan fingerprint density at radius 2 is 1.60 bits per heavy atom. The lowest BCUT2D eigenvalue weighted by atomic mass is 10.1. The van der Waals surface area contributed by atoms with Crippen molar-refractivity contribution in [3.8, 4) is 11.3 Å². The van der Waals surface area contributed by atoms with Crippen molar-refractivity contribution in [1.29, 1.82) is 0 Å². The van der Waals surface area contributed by atoms with Crippen LogP contribution in [0.5, 0.6) is 0 Å². The molecule has 0 aliphatic heterocycles. The van der Waals surface area contributed by atoms with Crippen molar-refractivity contribution in [2.24, 2.45) is 0 Å². The molecule has 2 aromatic carbocycles. The summed E-state index contributed by atoms with van der Waals surface area (Å²) in [5.74, 6) is 0. The largest absolute Gasteiger partial charge is 0.330 e. The highest BCUT2D eigenvalue weighted by Crippen LogP contribution is 2.21. The Hall–Kier alpha value is -2.88. The second-order valence-electron chi connectivity index (χ2n) is 7.06. The lowest BCUT2D eigenvalue weighted by Crippen LogP contribution is -2.46. The zero-order valence-electron chi connectivity index (χ0n) is 14.9. The van der Waals surface area contributed by atoms with Crippen LogP contribution in [0, 0.1) is 0 Å². The average molecular weight is 333 g/mol. The monoisotopic (exact) mass is 333 g/mol. The minimum atomic E-state index is -0.301. The lowest BCUT2D eigenvalue weighted by Gasteiger charge is -2.35. The van der Waals surface area contributed by atoms with Crippen molar-refractivity contribution in [2.45, 2.75) is 32.9 Å². The summed E-state index contributed by atoms with van der Waals surface area (Å²) in [5, 5.41) is 0. The van der Waals surface area contributed by atoms with Crippen LogP contribution in [0.4, 0.5) is 4.79 Å². The molecule has 0 atom stereocenters. The topological polar surface area (TPSA) is 38.1 Å². The molecule has 3 aromatic rings. The molecule has 1 aromatic heterocycles. The summed E-state index contributed by atoms with van der Waals surface area (Å²) in [7, 11) is 0. The SMILES string of the molecule is CC(C)(C)N(Cc1ccccc1)C(=O)n1cnc(-c2ccccc2)c1. The number of imidazole rings is 1. The van der Waals surface area contributed by atoms with E-state index in [-0.39, 0.29) is 11.6 Å². The van der Waals surface area contributed by atoms with Gasteiger partial charge in [0.15, 0.2) is 0 Å². The number of hydrogen-bond donors (Lipinski definition) is 0. The summed E-state index contributed by atoms with van der Waals surface area (Å²) in [6.45, 7) is 6.69. The van der Waals surface area contributed by atoms with Gasteiger partial charge in [0.05, 0.1) is 5.69 Å². The molecule has 0 unspecified atom stereocenters. The number of benzene rings is 2. The maximum Gasteiger partial charge on any atom is 0.330 e. The van der Waals surface area contributed by atoms with Crippen LogP contribution in [-0.2, 0) is 6.54 Å². The van der Waals surface area contributed by atoms with Gasteiger partial charge in [0.1, 0.15) is 6.33 Å². The Morgan fingerprint density at radius 1 is 1.00 bits per heavy atom. The van der Waals surface area contributed by atoms with Gasteiger partial charge in [0.25, 0.3) is 0 Å². The number of carbonyl (C=O) groups excluding carboxylic acids is 1. The Balaban J connectivity index is 1.87. The fraction of sp³-hybridized carbons (Fsp3) is 0.238. The van der Waals surface area contributed by atoms with E-state index in [9.17, 15) is 4.79 Å². The molecule has 25 heavy (non-hydrogen) atoms. The third-order valence-corrected chi connectivity index (χ3v) is 4.10. The number of amides is 1. The van der Waals surface area contributed by atoms with Crippen molar-refractivity contribution in [1.82, 2.24) is 14.5 Å². The lowest BCUT2D eigenvalue weighted by molar-refractivity contribution is 0.141. The molecular weight excluding hydrogens is 310 g/mol. The summed E-state index contributed by atoms with van der Waals surface area (Å²) in [6.07, 6.45) is 3.38. The van der Waals surface area contributed by atoms with Crippen molar-refractivity contribution in [3.05, 3.63) is 78.8 Å². The Morgan fingerprint density at radius 3 is 2.20 bits per heavy atom. The smallest absolute Gasteiger partial charge is 0.315 e. The molecule has 0 spiro atoms. The van der Waals surface area contributed by atoms with Gasteiger partial charge in [0.2, 0.25) is 0 Å². The van der Waals surface area contributed by atoms with E-state index in [2.05, 4.69) is 4.98 Å². The maximum absolute atomic E-state index is 13.1. The zero-order valence-corrected chi connectivity index (χ0v) is 14.9. The highest BCUT2D eigenvalue weighted by Gasteiger charge is 2.27. The van der Waals surface area contributed by atoms with Crippen molar-refractivity contribution >= 4 is 6.03 Å². The number of aromatic nitrogens is 2. The van der Waals surface area contributed by atoms with E-state index in [1.54, 1.807) is 17.1 Å². The molecule has 128 valence electrons. The van der Waals surface area contributed by atoms with Gasteiger partial charge in [-0.15, -0.1) is 0 Å². The van der Waals surface area contributed by atoms with Crippen LogP contribution in [0.25, 0.3) is 11.3 Å². The van der Waals surface area contributed by atoms with Gasteiger partial charge in [-0.25, -0.2) is 9.78 Å². The van der Waals surface area contributed by atoms with E-state index >= 15 is 0 Å². The van der Waals surface area contributed by atoms with Gasteiger partial charge in [-0.3, -0.25) is 4.57 Å². The number of hydrogen-bond acceptors (Lipinski definition) is 2. The summed E-state index contributed by atoms with van der Waals surface area (Å²) < 4.78 is 1.57. The first kappa shape index (κ1) is 17.0. The van der Waals surface area contributed by atoms with E-state index in [4.69, 9.17) is 0 Å². The standard InChI is InChI=1S/C21H23N3O/c1-21(2,3)24(14-17-10-6-4-7-11-17)20(25)23-15-19(22-16-23)18-12-8-5-9-13-18/h4-13,15-16H,14H2,1-3H3. The summed E-state index contributed by atoms with van der Waals surface area (Å²) in [4.78, 5) is 19.3. The maximum atomic E-state index is 13.1. The van der Waals surface area contributed by atoms with Crippen LogP contribution in [0.1, 0.15) is 26.3 Å². The second kappa shape index (κ2) is 6.93. The van der Waals surface area contributed by atoms with Crippen LogP contribution in [0.3, 0.4) is 0 Å². The molecule has 0 saturated heterocycles. The highest BCUT2D eigenvalue weighted by atomic mass is 16.2. The molecule has 0 saturated carbocycles. The zero-order chi connectivity index (χ0) is 17.9. The molecule has 0 aliphatic carbocycles. The highest BCUT2D eigenvalue weighted by molar-refractivity contribution is 5.78. The molecule has 0 fully saturated rings. The van der Waals surface area contributed by atoms with Crippen molar-refractivity contribution < 1.29 is 4.79 Å². The fourth-order valence-corrected chi connectivity index (χ4v) is 2.68.